The van der Waals surface area contributed by atoms with Crippen LogP contribution in [-0.2, 0) is 6.42 Å². The Balaban J connectivity index is 1.84. The van der Waals surface area contributed by atoms with Crippen LogP contribution in [-0.4, -0.2) is 47.7 Å². The molecule has 2 aliphatic rings. The van der Waals surface area contributed by atoms with E-state index in [-0.39, 0.29) is 6.10 Å². The molecule has 0 spiro atoms. The first-order valence-corrected chi connectivity index (χ1v) is 7.59. The summed E-state index contributed by atoms with van der Waals surface area (Å²) in [6.45, 7) is 5.48. The Morgan fingerprint density at radius 3 is 2.94 bits per heavy atom. The van der Waals surface area contributed by atoms with Crippen molar-refractivity contribution in [3.8, 4) is 0 Å². The zero-order chi connectivity index (χ0) is 12.7. The highest BCUT2D eigenvalue weighted by Crippen LogP contribution is 2.38. The summed E-state index contributed by atoms with van der Waals surface area (Å²) >= 11 is 1.70. The number of aliphatic hydroxyl groups excluding tert-OH is 1. The fourth-order valence-electron chi connectivity index (χ4n) is 2.93. The molecule has 5 heteroatoms. The highest BCUT2D eigenvalue weighted by Gasteiger charge is 2.28. The van der Waals surface area contributed by atoms with Crippen LogP contribution in [0, 0.1) is 0 Å². The largest absolute Gasteiger partial charge is 0.388 e. The molecule has 3 rings (SSSR count). The van der Waals surface area contributed by atoms with Gasteiger partial charge >= 0.3 is 0 Å². The number of thiazole rings is 1. The molecular formula is C13H21N3OS. The molecule has 0 amide bonds. The average Bonchev–Trinajstić information content (AvgIpc) is 2.74. The summed E-state index contributed by atoms with van der Waals surface area (Å²) in [6.07, 6.45) is 2.72. The maximum Gasteiger partial charge on any atom is 0.186 e. The minimum absolute atomic E-state index is 0.275. The molecule has 0 radical (unpaired) electrons. The van der Waals surface area contributed by atoms with Gasteiger partial charge in [0.2, 0.25) is 0 Å². The molecule has 2 heterocycles. The van der Waals surface area contributed by atoms with E-state index in [1.54, 1.807) is 11.3 Å². The maximum atomic E-state index is 10.0. The second kappa shape index (κ2) is 4.79. The van der Waals surface area contributed by atoms with Crippen molar-refractivity contribution in [3.05, 3.63) is 10.6 Å². The van der Waals surface area contributed by atoms with Gasteiger partial charge in [-0.2, -0.15) is 0 Å². The zero-order valence-corrected chi connectivity index (χ0v) is 11.9. The van der Waals surface area contributed by atoms with Crippen molar-refractivity contribution in [2.75, 3.05) is 31.6 Å². The maximum absolute atomic E-state index is 10.0. The van der Waals surface area contributed by atoms with Gasteiger partial charge in [-0.3, -0.25) is 0 Å². The topological polar surface area (TPSA) is 39.6 Å². The fourth-order valence-corrected chi connectivity index (χ4v) is 4.19. The van der Waals surface area contributed by atoms with Crippen molar-refractivity contribution < 1.29 is 5.11 Å². The summed E-state index contributed by atoms with van der Waals surface area (Å²) in [5.41, 5.74) is 1.14. The number of nitrogens with zero attached hydrogens (tertiary/aromatic N) is 3. The summed E-state index contributed by atoms with van der Waals surface area (Å²) in [6, 6.07) is 0.508. The Hall–Kier alpha value is -0.650. The number of anilines is 1. The average molecular weight is 267 g/mol. The van der Waals surface area contributed by atoms with Crippen LogP contribution >= 0.6 is 11.3 Å². The second-order valence-corrected chi connectivity index (χ2v) is 6.53. The SMILES string of the molecule is CC1CN(C)CCN1c1nc2c(s1)C(O)CCC2. The Morgan fingerprint density at radius 2 is 2.22 bits per heavy atom. The Bertz CT molecular complexity index is 434. The van der Waals surface area contributed by atoms with Gasteiger partial charge in [-0.1, -0.05) is 11.3 Å². The highest BCUT2D eigenvalue weighted by atomic mass is 32.1. The van der Waals surface area contributed by atoms with Gasteiger partial charge in [0, 0.05) is 25.7 Å². The highest BCUT2D eigenvalue weighted by molar-refractivity contribution is 7.15. The summed E-state index contributed by atoms with van der Waals surface area (Å²) in [4.78, 5) is 10.6. The number of aliphatic hydroxyl groups is 1. The first kappa shape index (κ1) is 12.4. The van der Waals surface area contributed by atoms with Gasteiger partial charge in [-0.15, -0.1) is 0 Å². The number of hydrogen-bond donors (Lipinski definition) is 1. The molecular weight excluding hydrogens is 246 g/mol. The standard InChI is InChI=1S/C13H21N3OS/c1-9-8-15(2)6-7-16(9)13-14-10-4-3-5-11(17)12(10)18-13/h9,11,17H,3-8H2,1-2H3. The summed E-state index contributed by atoms with van der Waals surface area (Å²) in [7, 11) is 2.17. The third-order valence-corrected chi connectivity index (χ3v) is 5.22. The minimum Gasteiger partial charge on any atom is -0.388 e. The zero-order valence-electron chi connectivity index (χ0n) is 11.1. The molecule has 0 bridgehead atoms. The molecule has 0 saturated carbocycles. The van der Waals surface area contributed by atoms with Crippen molar-refractivity contribution in [2.24, 2.45) is 0 Å². The van der Waals surface area contributed by atoms with Crippen LogP contribution in [0.5, 0.6) is 0 Å². The van der Waals surface area contributed by atoms with Crippen molar-refractivity contribution >= 4 is 16.5 Å². The quantitative estimate of drug-likeness (QED) is 0.840. The molecule has 100 valence electrons. The Morgan fingerprint density at radius 1 is 1.39 bits per heavy atom. The molecule has 4 nitrogen and oxygen atoms in total. The van der Waals surface area contributed by atoms with E-state index in [1.165, 1.54) is 0 Å². The number of fused-ring (bicyclic) bond motifs is 1. The van der Waals surface area contributed by atoms with Gasteiger partial charge in [-0.05, 0) is 33.2 Å². The van der Waals surface area contributed by atoms with Crippen LogP contribution in [0.3, 0.4) is 0 Å². The number of likely N-dealkylation sites (N-methyl/N-ethyl adjacent to an activating group) is 1. The summed E-state index contributed by atoms with van der Waals surface area (Å²) in [5.74, 6) is 0. The van der Waals surface area contributed by atoms with Crippen molar-refractivity contribution in [1.29, 1.82) is 0 Å². The van der Waals surface area contributed by atoms with Crippen LogP contribution < -0.4 is 4.90 Å². The first-order valence-electron chi connectivity index (χ1n) is 6.78. The Labute approximate surface area is 112 Å². The molecule has 18 heavy (non-hydrogen) atoms. The predicted octanol–water partition coefficient (Wildman–Crippen LogP) is 1.65. The normalized spacial score (nSPS) is 29.4. The van der Waals surface area contributed by atoms with E-state index >= 15 is 0 Å². The van der Waals surface area contributed by atoms with Gasteiger partial charge in [0.15, 0.2) is 5.13 Å². The van der Waals surface area contributed by atoms with Gasteiger partial charge < -0.3 is 14.9 Å². The van der Waals surface area contributed by atoms with E-state index in [2.05, 4.69) is 23.8 Å². The van der Waals surface area contributed by atoms with Crippen molar-refractivity contribution in [2.45, 2.75) is 38.3 Å². The minimum atomic E-state index is -0.275. The molecule has 1 aliphatic carbocycles. The van der Waals surface area contributed by atoms with Gasteiger partial charge in [0.1, 0.15) is 0 Å². The molecule has 1 aromatic rings. The number of hydrogen-bond acceptors (Lipinski definition) is 5. The summed E-state index contributed by atoms with van der Waals surface area (Å²) < 4.78 is 0. The molecule has 1 fully saturated rings. The number of piperazine rings is 1. The lowest BCUT2D eigenvalue weighted by atomic mass is 10.0. The predicted molar refractivity (Wildman–Crippen MR) is 74.3 cm³/mol. The molecule has 1 aromatic heterocycles. The van der Waals surface area contributed by atoms with E-state index in [0.717, 1.165) is 54.6 Å². The van der Waals surface area contributed by atoms with Crippen molar-refractivity contribution in [1.82, 2.24) is 9.88 Å². The van der Waals surface area contributed by atoms with Crippen LogP contribution in [0.2, 0.25) is 0 Å². The Kier molecular flexibility index (Phi) is 3.30. The fraction of sp³-hybridized carbons (Fsp3) is 0.769. The molecule has 2 unspecified atom stereocenters. The monoisotopic (exact) mass is 267 g/mol. The van der Waals surface area contributed by atoms with E-state index in [9.17, 15) is 5.11 Å². The third-order valence-electron chi connectivity index (χ3n) is 3.99. The number of aromatic nitrogens is 1. The lowest BCUT2D eigenvalue weighted by Crippen LogP contribution is -2.50. The second-order valence-electron chi connectivity index (χ2n) is 5.52. The van der Waals surface area contributed by atoms with Crippen LogP contribution in [0.25, 0.3) is 0 Å². The van der Waals surface area contributed by atoms with Gasteiger partial charge in [0.05, 0.1) is 16.7 Å². The molecule has 2 atom stereocenters. The van der Waals surface area contributed by atoms with E-state index in [4.69, 9.17) is 4.98 Å². The molecule has 0 aromatic carbocycles. The molecule has 1 aliphatic heterocycles. The third kappa shape index (κ3) is 2.15. The number of rotatable bonds is 1. The lowest BCUT2D eigenvalue weighted by Gasteiger charge is -2.38. The van der Waals surface area contributed by atoms with E-state index in [0.29, 0.717) is 6.04 Å². The lowest BCUT2D eigenvalue weighted by molar-refractivity contribution is 0.160. The van der Waals surface area contributed by atoms with Gasteiger partial charge in [-0.25, -0.2) is 4.98 Å². The molecule has 1 saturated heterocycles. The van der Waals surface area contributed by atoms with Crippen molar-refractivity contribution in [3.63, 3.8) is 0 Å². The van der Waals surface area contributed by atoms with Crippen LogP contribution in [0.1, 0.15) is 36.4 Å². The van der Waals surface area contributed by atoms with Crippen LogP contribution in [0.4, 0.5) is 5.13 Å². The molecule has 1 N–H and O–H groups in total. The van der Waals surface area contributed by atoms with Gasteiger partial charge in [0.25, 0.3) is 0 Å². The van der Waals surface area contributed by atoms with E-state index in [1.807, 2.05) is 0 Å². The summed E-state index contributed by atoms with van der Waals surface area (Å²) in [5, 5.41) is 11.1. The first-order chi connectivity index (χ1) is 8.65. The number of aryl methyl sites for hydroxylation is 1. The van der Waals surface area contributed by atoms with E-state index < -0.39 is 0 Å². The van der Waals surface area contributed by atoms with Crippen LogP contribution in [0.15, 0.2) is 0 Å². The smallest absolute Gasteiger partial charge is 0.186 e.